The van der Waals surface area contributed by atoms with Gasteiger partial charge in [-0.05, 0) is 32.1 Å². The number of carbonyl (C=O) groups is 3. The van der Waals surface area contributed by atoms with E-state index in [1.54, 1.807) is 4.90 Å². The van der Waals surface area contributed by atoms with E-state index in [9.17, 15) is 14.4 Å². The van der Waals surface area contributed by atoms with Gasteiger partial charge in [-0.3, -0.25) is 4.79 Å². The molecule has 8 heteroatoms. The zero-order valence-electron chi connectivity index (χ0n) is 12.0. The quantitative estimate of drug-likeness (QED) is 0.510. The molecule has 0 aromatic carbocycles. The Bertz CT molecular complexity index is 386. The van der Waals surface area contributed by atoms with Gasteiger partial charge in [0.25, 0.3) is 0 Å². The minimum atomic E-state index is -1.19. The van der Waals surface area contributed by atoms with Gasteiger partial charge in [0.2, 0.25) is 5.91 Å². The number of rotatable bonds is 7. The monoisotopic (exact) mass is 301 g/mol. The minimum Gasteiger partial charge on any atom is -0.480 e. The summed E-state index contributed by atoms with van der Waals surface area (Å²) >= 11 is 0. The zero-order chi connectivity index (χ0) is 15.8. The van der Waals surface area contributed by atoms with E-state index in [0.29, 0.717) is 13.0 Å². The van der Waals surface area contributed by atoms with E-state index < -0.39 is 23.9 Å². The predicted octanol–water partition coefficient (Wildman–Crippen LogP) is -0.348. The van der Waals surface area contributed by atoms with Gasteiger partial charge in [0.1, 0.15) is 6.04 Å². The number of piperidine rings is 1. The molecule has 2 atom stereocenters. The Hall–Kier alpha value is -1.83. The molecule has 1 saturated heterocycles. The molecule has 1 heterocycles. The fourth-order valence-corrected chi connectivity index (χ4v) is 2.49. The van der Waals surface area contributed by atoms with Crippen molar-refractivity contribution in [2.75, 3.05) is 13.2 Å². The number of hydrogen-bond donors (Lipinski definition) is 4. The molecule has 1 fully saturated rings. The van der Waals surface area contributed by atoms with Crippen LogP contribution in [0.1, 0.15) is 38.5 Å². The lowest BCUT2D eigenvalue weighted by Crippen LogP contribution is -2.53. The van der Waals surface area contributed by atoms with Gasteiger partial charge < -0.3 is 26.2 Å². The van der Waals surface area contributed by atoms with Crippen LogP contribution in [-0.2, 0) is 9.59 Å². The zero-order valence-corrected chi connectivity index (χ0v) is 12.0. The normalized spacial score (nSPS) is 19.9. The van der Waals surface area contributed by atoms with Crippen LogP contribution in [0.3, 0.4) is 0 Å². The van der Waals surface area contributed by atoms with Crippen molar-refractivity contribution in [3.63, 3.8) is 0 Å². The van der Waals surface area contributed by atoms with E-state index in [1.807, 2.05) is 0 Å². The van der Waals surface area contributed by atoms with E-state index in [1.165, 1.54) is 0 Å². The number of aliphatic hydroxyl groups is 1. The average molecular weight is 301 g/mol. The first kappa shape index (κ1) is 17.2. The lowest BCUT2D eigenvalue weighted by molar-refractivity contribution is -0.139. The number of nitrogens with two attached hydrogens (primary N) is 1. The average Bonchev–Trinajstić information content (AvgIpc) is 2.43. The summed E-state index contributed by atoms with van der Waals surface area (Å²) in [7, 11) is 0. The molecule has 0 aromatic rings. The van der Waals surface area contributed by atoms with Gasteiger partial charge in [-0.1, -0.05) is 0 Å². The fraction of sp³-hybridized carbons (Fsp3) is 0.769. The van der Waals surface area contributed by atoms with Crippen molar-refractivity contribution in [1.82, 2.24) is 10.2 Å². The van der Waals surface area contributed by atoms with Crippen LogP contribution >= 0.6 is 0 Å². The molecule has 1 aliphatic heterocycles. The van der Waals surface area contributed by atoms with Crippen molar-refractivity contribution < 1.29 is 24.6 Å². The second-order valence-electron chi connectivity index (χ2n) is 5.20. The van der Waals surface area contributed by atoms with E-state index in [4.69, 9.17) is 15.9 Å². The smallest absolute Gasteiger partial charge is 0.326 e. The molecule has 0 aromatic heterocycles. The van der Waals surface area contributed by atoms with Crippen LogP contribution in [0.4, 0.5) is 4.79 Å². The highest BCUT2D eigenvalue weighted by atomic mass is 16.4. The van der Waals surface area contributed by atoms with Crippen molar-refractivity contribution in [2.24, 2.45) is 5.73 Å². The van der Waals surface area contributed by atoms with Gasteiger partial charge in [0.15, 0.2) is 0 Å². The maximum absolute atomic E-state index is 12.2. The molecule has 0 aliphatic carbocycles. The van der Waals surface area contributed by atoms with Gasteiger partial charge in [0.05, 0.1) is 0 Å². The summed E-state index contributed by atoms with van der Waals surface area (Å²) < 4.78 is 0. The second kappa shape index (κ2) is 8.46. The summed E-state index contributed by atoms with van der Waals surface area (Å²) in [4.78, 5) is 35.6. The Kier molecular flexibility index (Phi) is 6.93. The van der Waals surface area contributed by atoms with Gasteiger partial charge >= 0.3 is 12.0 Å². The molecule has 0 radical (unpaired) electrons. The lowest BCUT2D eigenvalue weighted by atomic mass is 10.00. The number of aliphatic hydroxyl groups excluding tert-OH is 1. The topological polar surface area (TPSA) is 133 Å². The van der Waals surface area contributed by atoms with Crippen LogP contribution in [-0.4, -0.2) is 58.3 Å². The van der Waals surface area contributed by atoms with Crippen LogP contribution in [0.25, 0.3) is 0 Å². The lowest BCUT2D eigenvalue weighted by Gasteiger charge is -2.36. The molecule has 8 nitrogen and oxygen atoms in total. The van der Waals surface area contributed by atoms with E-state index in [-0.39, 0.29) is 25.5 Å². The number of likely N-dealkylation sites (tertiary alicyclic amines) is 1. The number of carbonyl (C=O) groups excluding carboxylic acids is 2. The van der Waals surface area contributed by atoms with E-state index in [0.717, 1.165) is 19.3 Å². The number of nitrogens with zero attached hydrogens (tertiary/aromatic N) is 1. The number of carboxylic acids is 1. The fourth-order valence-electron chi connectivity index (χ4n) is 2.49. The third-order valence-electron chi connectivity index (χ3n) is 3.63. The molecule has 1 unspecified atom stereocenters. The summed E-state index contributed by atoms with van der Waals surface area (Å²) in [6.07, 6.45) is 2.98. The van der Waals surface area contributed by atoms with Crippen molar-refractivity contribution in [1.29, 1.82) is 0 Å². The third-order valence-corrected chi connectivity index (χ3v) is 3.63. The summed E-state index contributed by atoms with van der Waals surface area (Å²) in [5, 5.41) is 20.5. The number of urea groups is 1. The van der Waals surface area contributed by atoms with Crippen molar-refractivity contribution in [2.45, 2.75) is 50.6 Å². The molecule has 0 spiro atoms. The number of carboxylic acid groups (broad SMARTS) is 1. The maximum Gasteiger partial charge on any atom is 0.326 e. The Labute approximate surface area is 123 Å². The maximum atomic E-state index is 12.2. The number of nitrogens with one attached hydrogen (secondary N) is 1. The molecule has 0 saturated carbocycles. The van der Waals surface area contributed by atoms with Crippen molar-refractivity contribution >= 4 is 17.9 Å². The number of aliphatic carboxylic acids is 1. The standard InChI is InChI=1S/C13H23N3O5/c14-11(18)5-4-10(12(19)20)15-13(21)16-7-2-1-3-9(16)6-8-17/h9-10,17H,1-8H2,(H2,14,18)(H,15,21)(H,19,20)/t9?,10-/m0/s1. The highest BCUT2D eigenvalue weighted by Gasteiger charge is 2.29. The molecule has 1 rings (SSSR count). The first-order valence-electron chi connectivity index (χ1n) is 7.14. The predicted molar refractivity (Wildman–Crippen MR) is 74.4 cm³/mol. The van der Waals surface area contributed by atoms with Crippen LogP contribution < -0.4 is 11.1 Å². The van der Waals surface area contributed by atoms with Gasteiger partial charge in [-0.15, -0.1) is 0 Å². The Balaban J connectivity index is 2.61. The van der Waals surface area contributed by atoms with Gasteiger partial charge in [-0.25, -0.2) is 9.59 Å². The Morgan fingerprint density at radius 1 is 1.33 bits per heavy atom. The molecule has 1 aliphatic rings. The molecule has 21 heavy (non-hydrogen) atoms. The SMILES string of the molecule is NC(=O)CC[C@H](NC(=O)N1CCCCC1CCO)C(=O)O. The minimum absolute atomic E-state index is 0.0154. The second-order valence-corrected chi connectivity index (χ2v) is 5.20. The summed E-state index contributed by atoms with van der Waals surface area (Å²) in [5.41, 5.74) is 4.99. The van der Waals surface area contributed by atoms with Crippen molar-refractivity contribution in [3.8, 4) is 0 Å². The molecule has 5 N–H and O–H groups in total. The largest absolute Gasteiger partial charge is 0.480 e. The van der Waals surface area contributed by atoms with Crippen LogP contribution in [0.15, 0.2) is 0 Å². The molecular weight excluding hydrogens is 278 g/mol. The number of amides is 3. The first-order valence-corrected chi connectivity index (χ1v) is 7.14. The van der Waals surface area contributed by atoms with Crippen LogP contribution in [0, 0.1) is 0 Å². The van der Waals surface area contributed by atoms with Gasteiger partial charge in [0, 0.05) is 25.6 Å². The third kappa shape index (κ3) is 5.58. The highest BCUT2D eigenvalue weighted by molar-refractivity contribution is 5.83. The Morgan fingerprint density at radius 2 is 2.05 bits per heavy atom. The van der Waals surface area contributed by atoms with E-state index >= 15 is 0 Å². The highest BCUT2D eigenvalue weighted by Crippen LogP contribution is 2.19. The number of hydrogen-bond acceptors (Lipinski definition) is 4. The molecular formula is C13H23N3O5. The summed E-state index contributed by atoms with van der Waals surface area (Å²) in [5.74, 6) is -1.80. The summed E-state index contributed by atoms with van der Waals surface area (Å²) in [6, 6.07) is -1.68. The molecule has 120 valence electrons. The number of primary amides is 1. The van der Waals surface area contributed by atoms with Crippen LogP contribution in [0.2, 0.25) is 0 Å². The van der Waals surface area contributed by atoms with Crippen molar-refractivity contribution in [3.05, 3.63) is 0 Å². The molecule has 0 bridgehead atoms. The van der Waals surface area contributed by atoms with E-state index in [2.05, 4.69) is 5.32 Å². The van der Waals surface area contributed by atoms with Crippen LogP contribution in [0.5, 0.6) is 0 Å². The Morgan fingerprint density at radius 3 is 2.62 bits per heavy atom. The summed E-state index contributed by atoms with van der Waals surface area (Å²) in [6.45, 7) is 0.525. The molecule has 3 amide bonds. The first-order chi connectivity index (χ1) is 9.95. The van der Waals surface area contributed by atoms with Gasteiger partial charge in [-0.2, -0.15) is 0 Å².